The number of ether oxygens (including phenoxy) is 4. The topological polar surface area (TPSA) is 182 Å². The Hall–Kier alpha value is -6.53. The van der Waals surface area contributed by atoms with Crippen molar-refractivity contribution < 1.29 is 42.5 Å². The molecule has 1 saturated carbocycles. The van der Waals surface area contributed by atoms with E-state index in [1.807, 2.05) is 48.8 Å². The summed E-state index contributed by atoms with van der Waals surface area (Å²) < 4.78 is 41.7. The molecule has 4 amide bonds. The molecule has 3 unspecified atom stereocenters. The normalized spacial score (nSPS) is 23.4. The summed E-state index contributed by atoms with van der Waals surface area (Å²) in [4.78, 5) is 72.1. The zero-order valence-electron chi connectivity index (χ0n) is 42.0. The van der Waals surface area contributed by atoms with E-state index in [2.05, 4.69) is 44.5 Å². The first-order chi connectivity index (χ1) is 35.3. The molecule has 3 saturated heterocycles. The number of aromatic nitrogens is 3. The molecule has 3 aromatic heterocycles. The number of hydrogen-bond donors (Lipinski definition) is 3. The van der Waals surface area contributed by atoms with Crippen molar-refractivity contribution in [3.05, 3.63) is 87.9 Å². The van der Waals surface area contributed by atoms with Crippen molar-refractivity contribution >= 4 is 57.5 Å². The van der Waals surface area contributed by atoms with Crippen LogP contribution in [0.2, 0.25) is 0 Å². The quantitative estimate of drug-likeness (QED) is 0.103. The number of methoxy groups -OCH3 is 2. The number of nitrogens with one attached hydrogen (secondary N) is 3. The number of fused-ring (bicyclic) bond motifs is 5. The highest BCUT2D eigenvalue weighted by Gasteiger charge is 2.42. The lowest BCUT2D eigenvalue weighted by Crippen LogP contribution is -2.53. The third-order valence-electron chi connectivity index (χ3n) is 15.7. The van der Waals surface area contributed by atoms with Gasteiger partial charge in [0, 0.05) is 53.9 Å². The molecule has 2 aromatic carbocycles. The minimum atomic E-state index is -0.749. The third-order valence-corrected chi connectivity index (χ3v) is 16.8. The Morgan fingerprint density at radius 1 is 0.904 bits per heavy atom. The fourth-order valence-corrected chi connectivity index (χ4v) is 12.8. The number of H-pyrrole nitrogens is 1. The van der Waals surface area contributed by atoms with Gasteiger partial charge in [0.1, 0.15) is 29.5 Å². The molecular formula is C55H63FN8O8S. The molecule has 7 atom stereocenters. The molecule has 0 spiro atoms. The van der Waals surface area contributed by atoms with E-state index in [0.717, 1.165) is 70.4 Å². The predicted molar refractivity (Wildman–Crippen MR) is 275 cm³/mol. The number of aromatic amines is 1. The minimum absolute atomic E-state index is 0.0242. The van der Waals surface area contributed by atoms with Crippen LogP contribution in [-0.4, -0.2) is 112 Å². The lowest BCUT2D eigenvalue weighted by Gasteiger charge is -2.36. The van der Waals surface area contributed by atoms with E-state index in [-0.39, 0.29) is 41.8 Å². The highest BCUT2D eigenvalue weighted by atomic mass is 32.1. The largest absolute Gasteiger partial charge is 0.464 e. The number of amides is 4. The first-order valence-electron chi connectivity index (χ1n) is 25.8. The van der Waals surface area contributed by atoms with Crippen LogP contribution >= 0.6 is 11.3 Å². The first kappa shape index (κ1) is 48.7. The number of halogens is 1. The number of imidazole rings is 1. The van der Waals surface area contributed by atoms with Crippen LogP contribution in [0.5, 0.6) is 5.75 Å². The van der Waals surface area contributed by atoms with Gasteiger partial charge in [-0.3, -0.25) is 19.1 Å². The van der Waals surface area contributed by atoms with E-state index in [1.165, 1.54) is 31.9 Å². The van der Waals surface area contributed by atoms with Gasteiger partial charge >= 0.3 is 12.2 Å². The summed E-state index contributed by atoms with van der Waals surface area (Å²) in [5.41, 5.74) is 5.96. The number of carbonyl (C=O) groups is 4. The van der Waals surface area contributed by atoms with Crippen molar-refractivity contribution in [1.82, 2.24) is 35.0 Å². The summed E-state index contributed by atoms with van der Waals surface area (Å²) >= 11 is 1.74. The standard InChI is InChI=1S/C55H63FN8O8S/c1-29(2)48(60-54(67)69-4)51(65)62-17-6-8-42(62)39-24-36(27-57-39)34-23-38(56)47-44-25-35-22-32(12-14-41(35)64(44)53(72-45(47)26-34)46-15-13-37(73-46)21-31-10-11-31)40-28-58-50(59-40)43-9-7-18-63(43)52(66)49(61-55(68)70-5)33-16-19-71-30(3)20-33/h12-15,22-23,25-31,33,42-43,48-49,53H,6-11,16-21,24H2,1-5H3,(H,58,59)(H,60,67)(H,61,68)/t30-,33?,42+,43+,48+,49?,53?/m1/s1. The number of nitrogens with zero attached hydrogens (tertiary/aromatic N) is 5. The van der Waals surface area contributed by atoms with Crippen molar-refractivity contribution in [3.8, 4) is 28.3 Å². The number of alkyl carbamates (subject to hydrolysis) is 2. The number of aliphatic imine (C=N–C) groups is 1. The van der Waals surface area contributed by atoms with E-state index in [9.17, 15) is 19.2 Å². The van der Waals surface area contributed by atoms with Gasteiger partial charge in [0.25, 0.3) is 0 Å². The predicted octanol–water partition coefficient (Wildman–Crippen LogP) is 9.55. The van der Waals surface area contributed by atoms with E-state index in [4.69, 9.17) is 28.9 Å². The SMILES string of the molecule is COC(=O)NC(C(=O)N1CCC[C@H]1c1ncc(-c2ccc3c(c2)cc2n3C(c3ccc(CC4CC4)s3)Oc3cc(C4=CN=C([C@@H]5CCCN5C(=O)[C@@H](NC(=O)OC)C(C)C)C4)cc(F)c3-2)[nH]1)C1CCO[C@H](C)C1. The van der Waals surface area contributed by atoms with E-state index in [1.54, 1.807) is 29.8 Å². The van der Waals surface area contributed by atoms with Crippen LogP contribution in [0.1, 0.15) is 112 Å². The molecule has 384 valence electrons. The number of carbonyl (C=O) groups excluding carboxylic acids is 4. The average molecular weight is 1020 g/mol. The van der Waals surface area contributed by atoms with E-state index >= 15 is 4.39 Å². The second kappa shape index (κ2) is 20.1. The van der Waals surface area contributed by atoms with Gasteiger partial charge in [-0.05, 0) is 136 Å². The van der Waals surface area contributed by atoms with Gasteiger partial charge in [-0.1, -0.05) is 19.9 Å². The minimum Gasteiger partial charge on any atom is -0.464 e. The van der Waals surface area contributed by atoms with Crippen LogP contribution < -0.4 is 15.4 Å². The third kappa shape index (κ3) is 9.52. The highest BCUT2D eigenvalue weighted by molar-refractivity contribution is 7.12. The summed E-state index contributed by atoms with van der Waals surface area (Å²) in [5.74, 6) is 0.845. The molecule has 5 aromatic rings. The molecule has 4 fully saturated rings. The fraction of sp³-hybridized carbons (Fsp3) is 0.491. The van der Waals surface area contributed by atoms with Gasteiger partial charge in [0.15, 0.2) is 0 Å². The summed E-state index contributed by atoms with van der Waals surface area (Å²) in [6.45, 7) is 7.38. The molecule has 3 N–H and O–H groups in total. The summed E-state index contributed by atoms with van der Waals surface area (Å²) in [5, 5.41) is 6.47. The lowest BCUT2D eigenvalue weighted by molar-refractivity contribution is -0.137. The molecule has 0 bridgehead atoms. The number of thiophene rings is 1. The number of allylic oxidation sites excluding steroid dienone is 1. The van der Waals surface area contributed by atoms with Gasteiger partial charge in [-0.2, -0.15) is 0 Å². The Bertz CT molecular complexity index is 3030. The van der Waals surface area contributed by atoms with Gasteiger partial charge < -0.3 is 44.4 Å². The van der Waals surface area contributed by atoms with Crippen LogP contribution in [0.15, 0.2) is 65.9 Å². The number of rotatable bonds is 13. The van der Waals surface area contributed by atoms with Crippen molar-refractivity contribution in [2.24, 2.45) is 22.7 Å². The van der Waals surface area contributed by atoms with Gasteiger partial charge in [0.05, 0.1) is 65.9 Å². The molecule has 1 aliphatic carbocycles. The summed E-state index contributed by atoms with van der Waals surface area (Å²) in [6, 6.07) is 14.0. The number of likely N-dealkylation sites (tertiary alicyclic amines) is 2. The molecule has 16 nitrogen and oxygen atoms in total. The van der Waals surface area contributed by atoms with Gasteiger partial charge in [0.2, 0.25) is 18.0 Å². The maximum Gasteiger partial charge on any atom is 0.407 e. The zero-order chi connectivity index (χ0) is 50.7. The molecule has 11 rings (SSSR count). The Morgan fingerprint density at radius 2 is 1.67 bits per heavy atom. The van der Waals surface area contributed by atoms with Crippen molar-refractivity contribution in [3.63, 3.8) is 0 Å². The number of hydrogen-bond acceptors (Lipinski definition) is 11. The maximum atomic E-state index is 17.1. The van der Waals surface area contributed by atoms with Crippen LogP contribution in [-0.2, 0) is 30.2 Å². The summed E-state index contributed by atoms with van der Waals surface area (Å²) in [6.07, 6.45) is 10.1. The highest BCUT2D eigenvalue weighted by Crippen LogP contribution is 2.49. The molecule has 8 heterocycles. The Labute approximate surface area is 427 Å². The molecule has 6 aliphatic rings. The Balaban J connectivity index is 0.874. The first-order valence-corrected chi connectivity index (χ1v) is 26.6. The second-order valence-corrected chi connectivity index (χ2v) is 22.1. The average Bonchev–Trinajstić information content (AvgIpc) is 4.12. The fourth-order valence-electron chi connectivity index (χ4n) is 11.7. The molecule has 73 heavy (non-hydrogen) atoms. The van der Waals surface area contributed by atoms with Gasteiger partial charge in [-0.25, -0.2) is 19.0 Å². The van der Waals surface area contributed by atoms with Crippen molar-refractivity contribution in [2.75, 3.05) is 33.9 Å². The van der Waals surface area contributed by atoms with Crippen LogP contribution in [0.3, 0.4) is 0 Å². The van der Waals surface area contributed by atoms with Crippen LogP contribution in [0.4, 0.5) is 14.0 Å². The smallest absolute Gasteiger partial charge is 0.407 e. The van der Waals surface area contributed by atoms with Crippen molar-refractivity contribution in [2.45, 2.75) is 121 Å². The molecular weight excluding hydrogens is 952 g/mol. The molecule has 0 radical (unpaired) electrons. The Kier molecular flexibility index (Phi) is 13.4. The summed E-state index contributed by atoms with van der Waals surface area (Å²) in [7, 11) is 2.59. The van der Waals surface area contributed by atoms with Crippen LogP contribution in [0.25, 0.3) is 39.0 Å². The van der Waals surface area contributed by atoms with Crippen LogP contribution in [0, 0.1) is 23.6 Å². The van der Waals surface area contributed by atoms with E-state index in [0.29, 0.717) is 73.3 Å². The Morgan fingerprint density at radius 3 is 2.42 bits per heavy atom. The molecule has 5 aliphatic heterocycles. The van der Waals surface area contributed by atoms with Crippen molar-refractivity contribution in [1.29, 1.82) is 0 Å². The lowest BCUT2D eigenvalue weighted by atomic mass is 9.88. The monoisotopic (exact) mass is 1010 g/mol. The second-order valence-electron chi connectivity index (χ2n) is 20.9. The van der Waals surface area contributed by atoms with E-state index < -0.39 is 36.3 Å². The zero-order valence-corrected chi connectivity index (χ0v) is 42.8. The van der Waals surface area contributed by atoms with Gasteiger partial charge in [-0.15, -0.1) is 11.3 Å². The number of benzene rings is 2. The molecule has 18 heteroatoms. The maximum absolute atomic E-state index is 17.1.